The fourth-order valence-corrected chi connectivity index (χ4v) is 3.56. The molecule has 0 aromatic heterocycles. The zero-order valence-corrected chi connectivity index (χ0v) is 13.7. The molecule has 0 spiro atoms. The molecule has 1 saturated heterocycles. The van der Waals surface area contributed by atoms with E-state index < -0.39 is 12.0 Å². The van der Waals surface area contributed by atoms with Gasteiger partial charge in [-0.05, 0) is 31.1 Å². The summed E-state index contributed by atoms with van der Waals surface area (Å²) < 4.78 is 0. The number of fused-ring (bicyclic) bond motifs is 1. The van der Waals surface area contributed by atoms with Gasteiger partial charge in [-0.25, -0.2) is 0 Å². The summed E-state index contributed by atoms with van der Waals surface area (Å²) in [6.07, 6.45) is 5.19. The Kier molecular flexibility index (Phi) is 6.94. The Morgan fingerprint density at radius 1 is 1.29 bits per heavy atom. The number of nitrogens with zero attached hydrogens (tertiary/aromatic N) is 1. The molecule has 1 saturated carbocycles. The maximum absolute atomic E-state index is 12.0. The van der Waals surface area contributed by atoms with Gasteiger partial charge in [0, 0.05) is 12.6 Å². The van der Waals surface area contributed by atoms with Crippen LogP contribution in [-0.4, -0.2) is 47.1 Å². The van der Waals surface area contributed by atoms with Gasteiger partial charge in [-0.3, -0.25) is 14.5 Å². The fraction of sp³-hybridized carbons (Fsp3) is 0.867. The van der Waals surface area contributed by atoms with Crippen LogP contribution in [0.4, 0.5) is 0 Å². The Morgan fingerprint density at radius 3 is 2.57 bits per heavy atom. The van der Waals surface area contributed by atoms with Gasteiger partial charge in [-0.15, -0.1) is 12.4 Å². The van der Waals surface area contributed by atoms with Crippen LogP contribution in [0.5, 0.6) is 0 Å². The summed E-state index contributed by atoms with van der Waals surface area (Å²) in [6.45, 7) is 4.98. The summed E-state index contributed by atoms with van der Waals surface area (Å²) in [6, 6.07) is -0.192. The minimum atomic E-state index is -0.781. The number of carboxylic acids is 1. The third kappa shape index (κ3) is 4.58. The number of nitrogens with one attached hydrogen (secondary N) is 1. The van der Waals surface area contributed by atoms with Crippen LogP contribution in [-0.2, 0) is 9.59 Å². The number of carboxylic acid groups (broad SMARTS) is 1. The average Bonchev–Trinajstić information content (AvgIpc) is 2.76. The van der Waals surface area contributed by atoms with Crippen LogP contribution in [0.25, 0.3) is 0 Å². The van der Waals surface area contributed by atoms with Crippen molar-refractivity contribution in [2.24, 2.45) is 11.8 Å². The molecule has 21 heavy (non-hydrogen) atoms. The molecular weight excluding hydrogens is 292 g/mol. The highest BCUT2D eigenvalue weighted by Gasteiger charge is 2.45. The molecular formula is C15H27ClN2O3. The van der Waals surface area contributed by atoms with Crippen molar-refractivity contribution in [2.75, 3.05) is 13.1 Å². The molecule has 5 nitrogen and oxygen atoms in total. The number of carbonyl (C=O) groups is 2. The molecule has 0 radical (unpaired) electrons. The first-order valence-corrected chi connectivity index (χ1v) is 7.74. The van der Waals surface area contributed by atoms with Crippen molar-refractivity contribution in [1.82, 2.24) is 10.2 Å². The highest BCUT2D eigenvalue weighted by atomic mass is 35.5. The Hall–Kier alpha value is -0.810. The summed E-state index contributed by atoms with van der Waals surface area (Å²) in [5.74, 6) is 0.0465. The molecule has 3 atom stereocenters. The number of aliphatic carboxylic acids is 1. The standard InChI is InChI=1S/C15H26N2O3.ClH/c1-10(2)8-16-14(18)9-17-12-6-4-3-5-11(12)7-13(17)15(19)20;/h10-13H,3-9H2,1-2H3,(H,16,18)(H,19,20);1H. The Bertz CT molecular complexity index is 376. The third-order valence-electron chi connectivity index (χ3n) is 4.54. The zero-order chi connectivity index (χ0) is 14.7. The first-order chi connectivity index (χ1) is 9.49. The Balaban J connectivity index is 0.00000220. The van der Waals surface area contributed by atoms with Gasteiger partial charge in [0.2, 0.25) is 5.91 Å². The van der Waals surface area contributed by atoms with Crippen molar-refractivity contribution < 1.29 is 14.7 Å². The monoisotopic (exact) mass is 318 g/mol. The van der Waals surface area contributed by atoms with E-state index >= 15 is 0 Å². The Labute approximate surface area is 132 Å². The predicted octanol–water partition coefficient (Wildman–Crippen LogP) is 1.90. The van der Waals surface area contributed by atoms with Crippen LogP contribution in [0.15, 0.2) is 0 Å². The number of carbonyl (C=O) groups excluding carboxylic acids is 1. The molecule has 2 N–H and O–H groups in total. The van der Waals surface area contributed by atoms with E-state index in [9.17, 15) is 14.7 Å². The second-order valence-corrected chi connectivity index (χ2v) is 6.57. The maximum atomic E-state index is 12.0. The lowest BCUT2D eigenvalue weighted by molar-refractivity contribution is -0.143. The van der Waals surface area contributed by atoms with Gasteiger partial charge in [-0.1, -0.05) is 26.7 Å². The van der Waals surface area contributed by atoms with Gasteiger partial charge in [0.05, 0.1) is 6.54 Å². The van der Waals surface area contributed by atoms with Gasteiger partial charge in [0.15, 0.2) is 0 Å². The highest BCUT2D eigenvalue weighted by molar-refractivity contribution is 5.85. The largest absolute Gasteiger partial charge is 0.480 e. The van der Waals surface area contributed by atoms with Crippen molar-refractivity contribution in [3.8, 4) is 0 Å². The molecule has 1 heterocycles. The van der Waals surface area contributed by atoms with Crippen molar-refractivity contribution in [1.29, 1.82) is 0 Å². The first kappa shape index (κ1) is 18.2. The SMILES string of the molecule is CC(C)CNC(=O)CN1C(C(=O)O)CC2CCCCC21.Cl. The lowest BCUT2D eigenvalue weighted by Crippen LogP contribution is -2.48. The summed E-state index contributed by atoms with van der Waals surface area (Å²) in [4.78, 5) is 25.4. The quantitative estimate of drug-likeness (QED) is 0.812. The second kappa shape index (κ2) is 7.99. The van der Waals surface area contributed by atoms with E-state index in [0.717, 1.165) is 19.3 Å². The smallest absolute Gasteiger partial charge is 0.320 e. The van der Waals surface area contributed by atoms with Gasteiger partial charge in [0.25, 0.3) is 0 Å². The number of hydrogen-bond acceptors (Lipinski definition) is 3. The highest BCUT2D eigenvalue weighted by Crippen LogP contribution is 2.39. The molecule has 2 aliphatic rings. The molecule has 3 unspecified atom stereocenters. The van der Waals surface area contributed by atoms with Gasteiger partial charge in [0.1, 0.15) is 6.04 Å². The topological polar surface area (TPSA) is 69.6 Å². The van der Waals surface area contributed by atoms with Crippen LogP contribution in [0, 0.1) is 11.8 Å². The maximum Gasteiger partial charge on any atom is 0.320 e. The van der Waals surface area contributed by atoms with E-state index in [-0.39, 0.29) is 30.9 Å². The Morgan fingerprint density at radius 2 is 1.95 bits per heavy atom. The minimum absolute atomic E-state index is 0. The molecule has 0 aromatic carbocycles. The van der Waals surface area contributed by atoms with Crippen LogP contribution < -0.4 is 5.32 Å². The molecule has 0 aromatic rings. The number of rotatable bonds is 5. The normalized spacial score (nSPS) is 28.8. The lowest BCUT2D eigenvalue weighted by Gasteiger charge is -2.32. The van der Waals surface area contributed by atoms with Gasteiger partial charge < -0.3 is 10.4 Å². The molecule has 1 amide bonds. The summed E-state index contributed by atoms with van der Waals surface area (Å²) in [5.41, 5.74) is 0. The van der Waals surface area contributed by atoms with Crippen LogP contribution in [0.3, 0.4) is 0 Å². The molecule has 1 aliphatic heterocycles. The summed E-state index contributed by atoms with van der Waals surface area (Å²) >= 11 is 0. The second-order valence-electron chi connectivity index (χ2n) is 6.57. The summed E-state index contributed by atoms with van der Waals surface area (Å²) in [7, 11) is 0. The zero-order valence-electron chi connectivity index (χ0n) is 12.9. The number of likely N-dealkylation sites (tertiary alicyclic amines) is 1. The van der Waals surface area contributed by atoms with Crippen LogP contribution in [0.2, 0.25) is 0 Å². The van der Waals surface area contributed by atoms with E-state index in [0.29, 0.717) is 24.8 Å². The van der Waals surface area contributed by atoms with Crippen LogP contribution in [0.1, 0.15) is 46.0 Å². The van der Waals surface area contributed by atoms with Gasteiger partial charge >= 0.3 is 5.97 Å². The number of amides is 1. The number of halogens is 1. The van der Waals surface area contributed by atoms with Crippen molar-refractivity contribution in [2.45, 2.75) is 58.0 Å². The lowest BCUT2D eigenvalue weighted by atomic mass is 9.85. The first-order valence-electron chi connectivity index (χ1n) is 7.74. The molecule has 2 fully saturated rings. The molecule has 0 bridgehead atoms. The fourth-order valence-electron chi connectivity index (χ4n) is 3.56. The molecule has 6 heteroatoms. The van der Waals surface area contributed by atoms with Crippen LogP contribution >= 0.6 is 12.4 Å². The molecule has 1 aliphatic carbocycles. The predicted molar refractivity (Wildman–Crippen MR) is 83.6 cm³/mol. The van der Waals surface area contributed by atoms with E-state index in [2.05, 4.69) is 5.32 Å². The van der Waals surface area contributed by atoms with E-state index in [1.165, 1.54) is 6.42 Å². The average molecular weight is 319 g/mol. The van der Waals surface area contributed by atoms with Gasteiger partial charge in [-0.2, -0.15) is 0 Å². The molecule has 122 valence electrons. The summed E-state index contributed by atoms with van der Waals surface area (Å²) in [5, 5.41) is 12.3. The van der Waals surface area contributed by atoms with E-state index in [4.69, 9.17) is 0 Å². The van der Waals surface area contributed by atoms with Crippen molar-refractivity contribution >= 4 is 24.3 Å². The minimum Gasteiger partial charge on any atom is -0.480 e. The van der Waals surface area contributed by atoms with E-state index in [1.807, 2.05) is 18.7 Å². The molecule has 2 rings (SSSR count). The number of hydrogen-bond donors (Lipinski definition) is 2. The van der Waals surface area contributed by atoms with Crippen molar-refractivity contribution in [3.05, 3.63) is 0 Å². The van der Waals surface area contributed by atoms with E-state index in [1.54, 1.807) is 0 Å². The third-order valence-corrected chi connectivity index (χ3v) is 4.54. The van der Waals surface area contributed by atoms with Crippen molar-refractivity contribution in [3.63, 3.8) is 0 Å².